The third-order valence-electron chi connectivity index (χ3n) is 3.85. The maximum atomic E-state index is 11.7. The van der Waals surface area contributed by atoms with Crippen LogP contribution in [0.4, 0.5) is 4.79 Å². The second kappa shape index (κ2) is 11.1. The number of amides is 1. The molecule has 25 heavy (non-hydrogen) atoms. The summed E-state index contributed by atoms with van der Waals surface area (Å²) in [7, 11) is 0. The molecule has 0 aromatic heterocycles. The summed E-state index contributed by atoms with van der Waals surface area (Å²) in [5.74, 6) is 0.504. The average Bonchev–Trinajstić information content (AvgIpc) is 2.61. The minimum atomic E-state index is -0.437. The van der Waals surface area contributed by atoms with E-state index in [4.69, 9.17) is 21.7 Å². The van der Waals surface area contributed by atoms with Gasteiger partial charge in [-0.2, -0.15) is 0 Å². The van der Waals surface area contributed by atoms with Crippen LogP contribution in [0.2, 0.25) is 0 Å². The molecule has 0 radical (unpaired) electrons. The van der Waals surface area contributed by atoms with Crippen LogP contribution in [-0.4, -0.2) is 48.4 Å². The van der Waals surface area contributed by atoms with Crippen molar-refractivity contribution in [1.29, 1.82) is 0 Å². The van der Waals surface area contributed by atoms with E-state index in [1.807, 2.05) is 26.0 Å². The van der Waals surface area contributed by atoms with Crippen molar-refractivity contribution < 1.29 is 14.3 Å². The standard InChI is InChI=1S/C17H25N3O3S.ClH/c1-3-13(2)19-16(21)23-15-6-4-14(5-7-15)12-22-17(24)20-10-8-18-9-11-20;/h4-7,13,18H,3,8-12H2,1-2H3,(H,19,21);1H. The number of thiocarbonyl (C=S) groups is 1. The van der Waals surface area contributed by atoms with Crippen molar-refractivity contribution >= 4 is 35.9 Å². The van der Waals surface area contributed by atoms with Gasteiger partial charge in [0.15, 0.2) is 0 Å². The molecule has 0 spiro atoms. The molecule has 0 saturated carbocycles. The number of carbonyl (C=O) groups excluding carboxylic acids is 1. The van der Waals surface area contributed by atoms with E-state index in [0.29, 0.717) is 17.5 Å². The van der Waals surface area contributed by atoms with E-state index in [2.05, 4.69) is 15.5 Å². The summed E-state index contributed by atoms with van der Waals surface area (Å²) in [5, 5.41) is 6.56. The molecule has 1 amide bonds. The summed E-state index contributed by atoms with van der Waals surface area (Å²) in [5.41, 5.74) is 0.974. The lowest BCUT2D eigenvalue weighted by molar-refractivity contribution is 0.196. The van der Waals surface area contributed by atoms with Crippen LogP contribution < -0.4 is 15.4 Å². The molecule has 2 rings (SSSR count). The number of hydrogen-bond acceptors (Lipinski definition) is 5. The topological polar surface area (TPSA) is 62.8 Å². The van der Waals surface area contributed by atoms with Gasteiger partial charge in [-0.1, -0.05) is 19.1 Å². The van der Waals surface area contributed by atoms with Gasteiger partial charge in [0.05, 0.1) is 0 Å². The Bertz CT molecular complexity index is 551. The van der Waals surface area contributed by atoms with Crippen molar-refractivity contribution in [3.8, 4) is 5.75 Å². The minimum Gasteiger partial charge on any atom is -0.466 e. The number of nitrogens with one attached hydrogen (secondary N) is 2. The lowest BCUT2D eigenvalue weighted by Crippen LogP contribution is -2.46. The molecule has 8 heteroatoms. The van der Waals surface area contributed by atoms with Gasteiger partial charge in [0.2, 0.25) is 0 Å². The Morgan fingerprint density at radius 1 is 1.32 bits per heavy atom. The Labute approximate surface area is 160 Å². The van der Waals surface area contributed by atoms with Crippen LogP contribution >= 0.6 is 24.6 Å². The Hall–Kier alpha value is -1.57. The number of nitrogens with zero attached hydrogens (tertiary/aromatic N) is 1. The van der Waals surface area contributed by atoms with Gasteiger partial charge in [-0.3, -0.25) is 0 Å². The summed E-state index contributed by atoms with van der Waals surface area (Å²) in [6.45, 7) is 7.94. The van der Waals surface area contributed by atoms with Crippen LogP contribution in [0.3, 0.4) is 0 Å². The zero-order chi connectivity index (χ0) is 17.4. The molecule has 1 unspecified atom stereocenters. The van der Waals surface area contributed by atoms with Crippen LogP contribution in [0.1, 0.15) is 25.8 Å². The fourth-order valence-electron chi connectivity index (χ4n) is 2.18. The molecular formula is C17H26ClN3O3S. The maximum absolute atomic E-state index is 11.7. The Morgan fingerprint density at radius 2 is 1.96 bits per heavy atom. The molecular weight excluding hydrogens is 362 g/mol. The number of halogens is 1. The molecule has 1 aliphatic rings. The zero-order valence-electron chi connectivity index (χ0n) is 14.6. The monoisotopic (exact) mass is 387 g/mol. The van der Waals surface area contributed by atoms with Crippen LogP contribution in [0.25, 0.3) is 0 Å². The highest BCUT2D eigenvalue weighted by atomic mass is 35.5. The summed E-state index contributed by atoms with van der Waals surface area (Å²) >= 11 is 5.31. The normalized spacial score (nSPS) is 14.9. The highest BCUT2D eigenvalue weighted by Crippen LogP contribution is 2.14. The van der Waals surface area contributed by atoms with Gasteiger partial charge < -0.3 is 25.0 Å². The largest absolute Gasteiger partial charge is 0.466 e. The lowest BCUT2D eigenvalue weighted by atomic mass is 10.2. The molecule has 2 N–H and O–H groups in total. The first-order valence-corrected chi connectivity index (χ1v) is 8.69. The number of rotatable bonds is 5. The second-order valence-electron chi connectivity index (χ2n) is 5.78. The van der Waals surface area contributed by atoms with E-state index in [0.717, 1.165) is 38.2 Å². The fraction of sp³-hybridized carbons (Fsp3) is 0.529. The molecule has 6 nitrogen and oxygen atoms in total. The van der Waals surface area contributed by atoms with E-state index >= 15 is 0 Å². The predicted molar refractivity (Wildman–Crippen MR) is 104 cm³/mol. The summed E-state index contributed by atoms with van der Waals surface area (Å²) in [6.07, 6.45) is 0.423. The molecule has 0 aliphatic carbocycles. The minimum absolute atomic E-state index is 0. The van der Waals surface area contributed by atoms with E-state index in [1.165, 1.54) is 0 Å². The number of piperazine rings is 1. The summed E-state index contributed by atoms with van der Waals surface area (Å²) in [6, 6.07) is 7.33. The van der Waals surface area contributed by atoms with Crippen molar-refractivity contribution in [3.05, 3.63) is 29.8 Å². The smallest absolute Gasteiger partial charge is 0.412 e. The van der Waals surface area contributed by atoms with Crippen molar-refractivity contribution in [2.75, 3.05) is 26.2 Å². The van der Waals surface area contributed by atoms with Gasteiger partial charge in [0.25, 0.3) is 5.17 Å². The molecule has 1 atom stereocenters. The zero-order valence-corrected chi connectivity index (χ0v) is 16.3. The Morgan fingerprint density at radius 3 is 2.56 bits per heavy atom. The van der Waals surface area contributed by atoms with Crippen molar-refractivity contribution in [3.63, 3.8) is 0 Å². The molecule has 0 bridgehead atoms. The third kappa shape index (κ3) is 7.46. The third-order valence-corrected chi connectivity index (χ3v) is 4.22. The lowest BCUT2D eigenvalue weighted by Gasteiger charge is -2.28. The van der Waals surface area contributed by atoms with Gasteiger partial charge in [-0.25, -0.2) is 4.79 Å². The molecule has 140 valence electrons. The molecule has 1 fully saturated rings. The van der Waals surface area contributed by atoms with Gasteiger partial charge in [-0.05, 0) is 43.3 Å². The van der Waals surface area contributed by atoms with Crippen molar-refractivity contribution in [2.45, 2.75) is 32.9 Å². The van der Waals surface area contributed by atoms with E-state index < -0.39 is 6.09 Å². The number of benzene rings is 1. The maximum Gasteiger partial charge on any atom is 0.412 e. The highest BCUT2D eigenvalue weighted by Gasteiger charge is 2.14. The Balaban J connectivity index is 0.00000312. The summed E-state index contributed by atoms with van der Waals surface area (Å²) < 4.78 is 10.9. The van der Waals surface area contributed by atoms with Crippen molar-refractivity contribution in [1.82, 2.24) is 15.5 Å². The molecule has 1 saturated heterocycles. The number of ether oxygens (including phenoxy) is 2. The fourth-order valence-corrected chi connectivity index (χ4v) is 2.42. The van der Waals surface area contributed by atoms with Crippen LogP contribution in [-0.2, 0) is 11.3 Å². The highest BCUT2D eigenvalue weighted by molar-refractivity contribution is 7.80. The quantitative estimate of drug-likeness (QED) is 0.757. The number of carbonyl (C=O) groups is 1. The average molecular weight is 388 g/mol. The summed E-state index contributed by atoms with van der Waals surface area (Å²) in [4.78, 5) is 13.7. The first-order chi connectivity index (χ1) is 11.6. The molecule has 1 aromatic rings. The first kappa shape index (κ1) is 21.5. The van der Waals surface area contributed by atoms with Gasteiger partial charge >= 0.3 is 6.09 Å². The molecule has 1 heterocycles. The molecule has 1 aliphatic heterocycles. The predicted octanol–water partition coefficient (Wildman–Crippen LogP) is 2.70. The van der Waals surface area contributed by atoms with Crippen LogP contribution in [0.15, 0.2) is 24.3 Å². The first-order valence-electron chi connectivity index (χ1n) is 8.28. The van der Waals surface area contributed by atoms with Gasteiger partial charge in [0.1, 0.15) is 12.4 Å². The van der Waals surface area contributed by atoms with E-state index in [9.17, 15) is 4.79 Å². The number of hydrogen-bond donors (Lipinski definition) is 2. The molecule has 1 aromatic carbocycles. The van der Waals surface area contributed by atoms with E-state index in [-0.39, 0.29) is 18.4 Å². The SMILES string of the molecule is CCC(C)NC(=O)Oc1ccc(COC(=S)N2CCNCC2)cc1.Cl. The van der Waals surface area contributed by atoms with Crippen LogP contribution in [0.5, 0.6) is 5.75 Å². The van der Waals surface area contributed by atoms with Crippen LogP contribution in [0, 0.1) is 0 Å². The van der Waals surface area contributed by atoms with Crippen molar-refractivity contribution in [2.24, 2.45) is 0 Å². The Kier molecular flexibility index (Phi) is 9.55. The van der Waals surface area contributed by atoms with Gasteiger partial charge in [-0.15, -0.1) is 12.4 Å². The van der Waals surface area contributed by atoms with E-state index in [1.54, 1.807) is 12.1 Å². The second-order valence-corrected chi connectivity index (χ2v) is 6.13. The van der Waals surface area contributed by atoms with Gasteiger partial charge in [0, 0.05) is 32.2 Å².